The molecule has 14 nitrogen and oxygen atoms in total. The van der Waals surface area contributed by atoms with E-state index in [1.54, 1.807) is 0 Å². The van der Waals surface area contributed by atoms with E-state index in [9.17, 15) is 0 Å². The minimum Gasteiger partial charge on any atom is -0.394 e. The molecular weight excluding hydrogens is 482 g/mol. The standard InChI is InChI=1S/C22H46N3O11/c23-25-24-1-3-27-5-7-29-9-11-31-13-15-33-17-19-35-21-22-36-20-18-34-16-14-32-12-10-30-8-6-28-4-2-26/h23,26H,1-22H2/q+1. The van der Waals surface area contributed by atoms with Gasteiger partial charge >= 0.3 is 0 Å². The van der Waals surface area contributed by atoms with Crippen molar-refractivity contribution in [1.29, 1.82) is 5.53 Å². The predicted octanol–water partition coefficient (Wildman–Crippen LogP) is -0.305. The number of ether oxygens (including phenoxy) is 10. The van der Waals surface area contributed by atoms with Crippen molar-refractivity contribution in [3.8, 4) is 0 Å². The van der Waals surface area contributed by atoms with Gasteiger partial charge in [0, 0.05) is 0 Å². The molecule has 0 aliphatic carbocycles. The summed E-state index contributed by atoms with van der Waals surface area (Å²) in [6.45, 7) is 10.2. The molecule has 0 unspecified atom stereocenters. The van der Waals surface area contributed by atoms with Gasteiger partial charge < -0.3 is 52.5 Å². The van der Waals surface area contributed by atoms with Crippen LogP contribution in [0.25, 0.3) is 0 Å². The van der Waals surface area contributed by atoms with E-state index in [4.69, 9.17) is 58.0 Å². The Balaban J connectivity index is 3.02. The fraction of sp³-hybridized carbons (Fsp3) is 1.00. The molecule has 0 spiro atoms. The van der Waals surface area contributed by atoms with Gasteiger partial charge in [0.15, 0.2) is 0 Å². The van der Waals surface area contributed by atoms with Crippen molar-refractivity contribution >= 4 is 0 Å². The van der Waals surface area contributed by atoms with Crippen molar-refractivity contribution in [3.05, 3.63) is 0 Å². The molecule has 0 saturated carbocycles. The van der Waals surface area contributed by atoms with Crippen LogP contribution < -0.4 is 4.91 Å². The largest absolute Gasteiger partial charge is 0.394 e. The van der Waals surface area contributed by atoms with Gasteiger partial charge in [-0.25, -0.2) is 0 Å². The summed E-state index contributed by atoms with van der Waals surface area (Å²) in [5, 5.41) is 12.0. The SMILES string of the molecule is N=[N+]=NCCOCCOCCOCCOCCOCCOCCOCCOCCOCCOCCO. The highest BCUT2D eigenvalue weighted by atomic mass is 16.6. The first-order valence-electron chi connectivity index (χ1n) is 12.3. The highest BCUT2D eigenvalue weighted by molar-refractivity contribution is 4.39. The zero-order valence-corrected chi connectivity index (χ0v) is 21.5. The van der Waals surface area contributed by atoms with Crippen LogP contribution in [0.4, 0.5) is 0 Å². The van der Waals surface area contributed by atoms with E-state index in [0.717, 1.165) is 0 Å². The molecule has 0 aromatic rings. The second kappa shape index (κ2) is 33.9. The summed E-state index contributed by atoms with van der Waals surface area (Å²) in [5.41, 5.74) is 6.49. The summed E-state index contributed by atoms with van der Waals surface area (Å²) >= 11 is 0. The molecule has 0 rings (SSSR count). The highest BCUT2D eigenvalue weighted by Gasteiger charge is 1.96. The summed E-state index contributed by atoms with van der Waals surface area (Å²) in [4.78, 5) is 2.89. The predicted molar refractivity (Wildman–Crippen MR) is 127 cm³/mol. The smallest absolute Gasteiger partial charge is 0.214 e. The molecule has 0 aliphatic rings. The lowest BCUT2D eigenvalue weighted by atomic mass is 10.6. The van der Waals surface area contributed by atoms with Crippen molar-refractivity contribution in [2.75, 3.05) is 145 Å². The van der Waals surface area contributed by atoms with Gasteiger partial charge in [-0.05, 0) is 0 Å². The molecule has 0 aromatic carbocycles. The maximum absolute atomic E-state index is 8.55. The van der Waals surface area contributed by atoms with Gasteiger partial charge in [-0.3, -0.25) is 0 Å². The van der Waals surface area contributed by atoms with Crippen LogP contribution in [0.15, 0.2) is 5.11 Å². The van der Waals surface area contributed by atoms with E-state index in [1.165, 1.54) is 0 Å². The zero-order chi connectivity index (χ0) is 26.0. The fourth-order valence-electron chi connectivity index (χ4n) is 2.30. The van der Waals surface area contributed by atoms with Gasteiger partial charge in [-0.2, -0.15) is 0 Å². The number of hydrogen-bond donors (Lipinski definition) is 2. The van der Waals surface area contributed by atoms with Crippen molar-refractivity contribution in [2.24, 2.45) is 5.11 Å². The summed E-state index contributed by atoms with van der Waals surface area (Å²) in [6, 6.07) is 0. The minimum absolute atomic E-state index is 0.0251. The molecule has 0 aromatic heterocycles. The van der Waals surface area contributed by atoms with Crippen molar-refractivity contribution in [2.45, 2.75) is 0 Å². The molecule has 0 atom stereocenters. The van der Waals surface area contributed by atoms with Gasteiger partial charge in [0.05, 0.1) is 139 Å². The molecule has 214 valence electrons. The monoisotopic (exact) mass is 528 g/mol. The third-order valence-electron chi connectivity index (χ3n) is 3.99. The third kappa shape index (κ3) is 32.9. The van der Waals surface area contributed by atoms with Crippen LogP contribution in [0.1, 0.15) is 0 Å². The van der Waals surface area contributed by atoms with Gasteiger partial charge in [-0.15, -0.1) is 0 Å². The molecule has 0 radical (unpaired) electrons. The number of rotatable bonds is 32. The quantitative estimate of drug-likeness (QED) is 0.0669. The van der Waals surface area contributed by atoms with Crippen LogP contribution in [0.5, 0.6) is 0 Å². The van der Waals surface area contributed by atoms with Crippen LogP contribution in [0.3, 0.4) is 0 Å². The van der Waals surface area contributed by atoms with Crippen LogP contribution in [-0.4, -0.2) is 150 Å². The summed E-state index contributed by atoms with van der Waals surface area (Å²) in [5.74, 6) is 0. The Bertz CT molecular complexity index is 461. The number of hydrogen-bond acceptors (Lipinski definition) is 13. The Morgan fingerprint density at radius 2 is 0.611 bits per heavy atom. The van der Waals surface area contributed by atoms with Gasteiger partial charge in [0.1, 0.15) is 17.2 Å². The van der Waals surface area contributed by atoms with Crippen molar-refractivity contribution < 1.29 is 52.5 Å². The molecular formula is C22H46N3O11+. The second-order valence-electron chi connectivity index (χ2n) is 6.81. The lowest BCUT2D eigenvalue weighted by Crippen LogP contribution is -2.15. The van der Waals surface area contributed by atoms with Crippen molar-refractivity contribution in [1.82, 2.24) is 4.91 Å². The van der Waals surface area contributed by atoms with Crippen LogP contribution in [0, 0.1) is 5.53 Å². The summed E-state index contributed by atoms with van der Waals surface area (Å²) in [6.07, 6.45) is 0. The fourth-order valence-corrected chi connectivity index (χ4v) is 2.30. The Morgan fingerprint density at radius 1 is 0.389 bits per heavy atom. The molecule has 0 aliphatic heterocycles. The summed E-state index contributed by atoms with van der Waals surface area (Å²) in [7, 11) is 0. The van der Waals surface area contributed by atoms with Gasteiger partial charge in [0.2, 0.25) is 4.91 Å². The van der Waals surface area contributed by atoms with Crippen LogP contribution >= 0.6 is 0 Å². The Labute approximate surface area is 213 Å². The van der Waals surface area contributed by atoms with Gasteiger partial charge in [-0.1, -0.05) is 0 Å². The lowest BCUT2D eigenvalue weighted by molar-refractivity contribution is -0.0267. The molecule has 14 heteroatoms. The zero-order valence-electron chi connectivity index (χ0n) is 21.5. The topological polar surface area (TPSA) is 163 Å². The molecule has 0 saturated heterocycles. The first-order valence-corrected chi connectivity index (χ1v) is 12.3. The number of aliphatic hydroxyl groups is 1. The minimum atomic E-state index is 0.0251. The van der Waals surface area contributed by atoms with E-state index in [2.05, 4.69) is 10.0 Å². The van der Waals surface area contributed by atoms with E-state index in [-0.39, 0.29) is 6.61 Å². The van der Waals surface area contributed by atoms with E-state index in [1.807, 2.05) is 0 Å². The molecule has 0 amide bonds. The molecule has 36 heavy (non-hydrogen) atoms. The molecule has 2 N–H and O–H groups in total. The number of nitrogens with one attached hydrogen (secondary N) is 1. The normalized spacial score (nSPS) is 11.1. The van der Waals surface area contributed by atoms with Gasteiger partial charge in [0.25, 0.3) is 0 Å². The average molecular weight is 529 g/mol. The summed E-state index contributed by atoms with van der Waals surface area (Å²) < 4.78 is 53.4. The van der Waals surface area contributed by atoms with Crippen LogP contribution in [-0.2, 0) is 47.4 Å². The first-order chi connectivity index (χ1) is 17.9. The van der Waals surface area contributed by atoms with E-state index in [0.29, 0.717) is 139 Å². The Hall–Kier alpha value is -1.13. The maximum atomic E-state index is 8.55. The number of aliphatic hydroxyl groups excluding tert-OH is 1. The molecule has 0 heterocycles. The second-order valence-corrected chi connectivity index (χ2v) is 6.81. The molecule has 0 bridgehead atoms. The third-order valence-corrected chi connectivity index (χ3v) is 3.99. The van der Waals surface area contributed by atoms with Crippen molar-refractivity contribution in [3.63, 3.8) is 0 Å². The number of nitrogens with zero attached hydrogens (tertiary/aromatic N) is 2. The highest BCUT2D eigenvalue weighted by Crippen LogP contribution is 1.86. The Kier molecular flexibility index (Phi) is 32.8. The molecule has 0 fully saturated rings. The average Bonchev–Trinajstić information content (AvgIpc) is 2.89. The maximum Gasteiger partial charge on any atom is 0.214 e. The van der Waals surface area contributed by atoms with E-state index >= 15 is 0 Å². The lowest BCUT2D eigenvalue weighted by Gasteiger charge is -2.09. The Morgan fingerprint density at radius 3 is 0.833 bits per heavy atom. The first kappa shape index (κ1) is 34.9. The van der Waals surface area contributed by atoms with E-state index < -0.39 is 0 Å². The van der Waals surface area contributed by atoms with Crippen LogP contribution in [0.2, 0.25) is 0 Å².